The standard InChI is InChI=1S/C17H8Cl4N2O4S/c18-10-2-1-3-11(19)9(10)7-22-16(24)14(28-17(22)25)6-8-12(20)4-5-13(15(8)21)23(26)27/h1-6H,7H2/b14-6-. The van der Waals surface area contributed by atoms with E-state index in [0.717, 1.165) is 11.0 Å². The summed E-state index contributed by atoms with van der Waals surface area (Å²) in [7, 11) is 0. The molecule has 1 aliphatic heterocycles. The highest BCUT2D eigenvalue weighted by molar-refractivity contribution is 8.18. The molecule has 1 heterocycles. The number of carbonyl (C=O) groups excluding carboxylic acids is 2. The number of nitro groups is 1. The molecule has 0 spiro atoms. The Morgan fingerprint density at radius 1 is 1.04 bits per heavy atom. The van der Waals surface area contributed by atoms with Gasteiger partial charge in [-0.25, -0.2) is 0 Å². The van der Waals surface area contributed by atoms with Crippen molar-refractivity contribution in [1.29, 1.82) is 0 Å². The molecule has 11 heteroatoms. The van der Waals surface area contributed by atoms with Crippen molar-refractivity contribution in [3.8, 4) is 0 Å². The summed E-state index contributed by atoms with van der Waals surface area (Å²) in [5.74, 6) is -0.607. The number of hydrogen-bond acceptors (Lipinski definition) is 5. The van der Waals surface area contributed by atoms with Crippen LogP contribution in [0.2, 0.25) is 20.1 Å². The van der Waals surface area contributed by atoms with E-state index in [-0.39, 0.29) is 32.7 Å². The Morgan fingerprint density at radius 3 is 2.29 bits per heavy atom. The second-order valence-electron chi connectivity index (χ2n) is 5.52. The van der Waals surface area contributed by atoms with E-state index in [2.05, 4.69) is 0 Å². The number of halogens is 4. The van der Waals surface area contributed by atoms with Crippen molar-refractivity contribution in [1.82, 2.24) is 4.90 Å². The van der Waals surface area contributed by atoms with Gasteiger partial charge in [0.15, 0.2) is 0 Å². The highest BCUT2D eigenvalue weighted by Crippen LogP contribution is 2.39. The van der Waals surface area contributed by atoms with Gasteiger partial charge in [0.1, 0.15) is 5.02 Å². The van der Waals surface area contributed by atoms with Crippen molar-refractivity contribution in [2.75, 3.05) is 0 Å². The van der Waals surface area contributed by atoms with Crippen molar-refractivity contribution in [3.05, 3.63) is 76.6 Å². The SMILES string of the molecule is O=C1S/C(=C\c2c(Cl)ccc([N+](=O)[O-])c2Cl)C(=O)N1Cc1c(Cl)cccc1Cl. The third-order valence-electron chi connectivity index (χ3n) is 3.83. The van der Waals surface area contributed by atoms with Crippen molar-refractivity contribution in [2.24, 2.45) is 0 Å². The van der Waals surface area contributed by atoms with Crippen molar-refractivity contribution in [3.63, 3.8) is 0 Å². The van der Waals surface area contributed by atoms with Crippen LogP contribution in [0.1, 0.15) is 11.1 Å². The van der Waals surface area contributed by atoms with Crippen LogP contribution >= 0.6 is 58.2 Å². The van der Waals surface area contributed by atoms with Gasteiger partial charge in [0.05, 0.1) is 16.4 Å². The summed E-state index contributed by atoms with van der Waals surface area (Å²) in [6, 6.07) is 7.30. The summed E-state index contributed by atoms with van der Waals surface area (Å²) in [5.41, 5.74) is 0.152. The Morgan fingerprint density at radius 2 is 1.68 bits per heavy atom. The molecule has 1 aliphatic rings. The van der Waals surface area contributed by atoms with Gasteiger partial charge in [-0.1, -0.05) is 52.5 Å². The summed E-state index contributed by atoms with van der Waals surface area (Å²) in [5, 5.41) is 11.0. The van der Waals surface area contributed by atoms with Gasteiger partial charge in [0.2, 0.25) is 0 Å². The quantitative estimate of drug-likeness (QED) is 0.287. The maximum Gasteiger partial charge on any atom is 0.293 e. The number of nitrogens with zero attached hydrogens (tertiary/aromatic N) is 2. The fourth-order valence-electron chi connectivity index (χ4n) is 2.44. The highest BCUT2D eigenvalue weighted by Gasteiger charge is 2.36. The maximum atomic E-state index is 12.7. The Hall–Kier alpha value is -1.77. The average molecular weight is 478 g/mol. The first-order valence-electron chi connectivity index (χ1n) is 7.51. The monoisotopic (exact) mass is 476 g/mol. The molecule has 0 saturated carbocycles. The molecule has 2 amide bonds. The summed E-state index contributed by atoms with van der Waals surface area (Å²) in [6.45, 7) is -0.114. The number of carbonyl (C=O) groups is 2. The van der Waals surface area contributed by atoms with Crippen molar-refractivity contribution in [2.45, 2.75) is 6.54 Å². The van der Waals surface area contributed by atoms with E-state index in [0.29, 0.717) is 27.4 Å². The number of hydrogen-bond donors (Lipinski definition) is 0. The van der Waals surface area contributed by atoms with Crippen LogP contribution in [-0.4, -0.2) is 21.0 Å². The predicted molar refractivity (Wildman–Crippen MR) is 111 cm³/mol. The van der Waals surface area contributed by atoms with E-state index in [1.54, 1.807) is 18.2 Å². The van der Waals surface area contributed by atoms with Gasteiger partial charge in [0, 0.05) is 32.3 Å². The predicted octanol–water partition coefficient (Wildman–Crippen LogP) is 6.44. The second-order valence-corrected chi connectivity index (χ2v) is 8.11. The summed E-state index contributed by atoms with van der Waals surface area (Å²) >= 11 is 25.0. The average Bonchev–Trinajstić information content (AvgIpc) is 2.88. The van der Waals surface area contributed by atoms with Crippen LogP contribution in [0.5, 0.6) is 0 Å². The molecule has 0 radical (unpaired) electrons. The number of amides is 2. The number of nitro benzene ring substituents is 1. The molecule has 0 N–H and O–H groups in total. The number of rotatable bonds is 4. The summed E-state index contributed by atoms with van der Waals surface area (Å²) in [6.07, 6.45) is 1.26. The van der Waals surface area contributed by atoms with E-state index in [4.69, 9.17) is 46.4 Å². The third kappa shape index (κ3) is 3.99. The summed E-state index contributed by atoms with van der Waals surface area (Å²) < 4.78 is 0. The first kappa shape index (κ1) is 21.0. The fraction of sp³-hybridized carbons (Fsp3) is 0.0588. The van der Waals surface area contributed by atoms with E-state index in [1.807, 2.05) is 0 Å². The molecular weight excluding hydrogens is 470 g/mol. The normalized spacial score (nSPS) is 15.6. The van der Waals surface area contributed by atoms with Crippen LogP contribution < -0.4 is 0 Å². The lowest BCUT2D eigenvalue weighted by atomic mass is 10.1. The van der Waals surface area contributed by atoms with Crippen molar-refractivity contribution >= 4 is 81.1 Å². The molecule has 0 bridgehead atoms. The zero-order valence-electron chi connectivity index (χ0n) is 13.6. The van der Waals surface area contributed by atoms with Crippen LogP contribution in [0.3, 0.4) is 0 Å². The fourth-order valence-corrected chi connectivity index (χ4v) is 4.33. The number of imide groups is 1. The molecule has 0 aromatic heterocycles. The first-order chi connectivity index (χ1) is 13.2. The van der Waals surface area contributed by atoms with E-state index >= 15 is 0 Å². The minimum absolute atomic E-state index is 0.0254. The Bertz CT molecular complexity index is 1040. The summed E-state index contributed by atoms with van der Waals surface area (Å²) in [4.78, 5) is 36.4. The molecule has 2 aromatic rings. The largest absolute Gasteiger partial charge is 0.293 e. The molecular formula is C17H8Cl4N2O4S. The van der Waals surface area contributed by atoms with E-state index in [1.165, 1.54) is 12.1 Å². The number of thioether (sulfide) groups is 1. The van der Waals surface area contributed by atoms with Crippen LogP contribution in [0.4, 0.5) is 10.5 Å². The molecule has 2 aromatic carbocycles. The van der Waals surface area contributed by atoms with Crippen LogP contribution in [-0.2, 0) is 11.3 Å². The lowest BCUT2D eigenvalue weighted by Crippen LogP contribution is -2.27. The van der Waals surface area contributed by atoms with Gasteiger partial charge in [-0.15, -0.1) is 0 Å². The molecule has 3 rings (SSSR count). The lowest BCUT2D eigenvalue weighted by Gasteiger charge is -2.14. The zero-order chi connectivity index (χ0) is 20.6. The molecule has 0 unspecified atom stereocenters. The topological polar surface area (TPSA) is 80.5 Å². The lowest BCUT2D eigenvalue weighted by molar-refractivity contribution is -0.384. The minimum Gasteiger partial charge on any atom is -0.268 e. The Labute approximate surface area is 183 Å². The second kappa shape index (κ2) is 8.31. The Kier molecular flexibility index (Phi) is 6.21. The van der Waals surface area contributed by atoms with Crippen LogP contribution in [0, 0.1) is 10.1 Å². The van der Waals surface area contributed by atoms with Gasteiger partial charge in [-0.2, -0.15) is 0 Å². The van der Waals surface area contributed by atoms with Gasteiger partial charge in [0.25, 0.3) is 16.8 Å². The minimum atomic E-state index is -0.666. The number of benzene rings is 2. The molecule has 6 nitrogen and oxygen atoms in total. The molecule has 144 valence electrons. The van der Waals surface area contributed by atoms with Gasteiger partial charge in [-0.3, -0.25) is 24.6 Å². The van der Waals surface area contributed by atoms with Crippen molar-refractivity contribution < 1.29 is 14.5 Å². The third-order valence-corrected chi connectivity index (χ3v) is 6.17. The molecule has 1 saturated heterocycles. The zero-order valence-corrected chi connectivity index (χ0v) is 17.5. The smallest absolute Gasteiger partial charge is 0.268 e. The van der Waals surface area contributed by atoms with E-state index in [9.17, 15) is 19.7 Å². The molecule has 0 atom stereocenters. The van der Waals surface area contributed by atoms with E-state index < -0.39 is 16.1 Å². The van der Waals surface area contributed by atoms with Gasteiger partial charge < -0.3 is 0 Å². The van der Waals surface area contributed by atoms with Crippen LogP contribution in [0.25, 0.3) is 6.08 Å². The highest BCUT2D eigenvalue weighted by atomic mass is 35.5. The maximum absolute atomic E-state index is 12.7. The van der Waals surface area contributed by atoms with Crippen LogP contribution in [0.15, 0.2) is 35.2 Å². The Balaban J connectivity index is 1.96. The molecule has 0 aliphatic carbocycles. The molecule has 28 heavy (non-hydrogen) atoms. The molecule has 1 fully saturated rings. The van der Waals surface area contributed by atoms with Gasteiger partial charge >= 0.3 is 0 Å². The first-order valence-corrected chi connectivity index (χ1v) is 9.84. The van der Waals surface area contributed by atoms with Gasteiger partial charge in [-0.05, 0) is 36.0 Å².